The number of aromatic nitrogens is 1. The van der Waals surface area contributed by atoms with Gasteiger partial charge in [0.05, 0.1) is 5.56 Å². The summed E-state index contributed by atoms with van der Waals surface area (Å²) in [5.41, 5.74) is 3.29. The Kier molecular flexibility index (Phi) is 4.62. The molecule has 2 amide bonds. The van der Waals surface area contributed by atoms with E-state index in [2.05, 4.69) is 6.07 Å². The molecular formula is C24H23N3O3. The molecule has 0 saturated carbocycles. The van der Waals surface area contributed by atoms with Crippen molar-refractivity contribution in [3.63, 3.8) is 0 Å². The van der Waals surface area contributed by atoms with Gasteiger partial charge in [-0.3, -0.25) is 14.4 Å². The van der Waals surface area contributed by atoms with Crippen molar-refractivity contribution in [3.8, 4) is 0 Å². The molecule has 2 aliphatic rings. The summed E-state index contributed by atoms with van der Waals surface area (Å²) in [4.78, 5) is 42.1. The molecule has 1 saturated heterocycles. The first-order valence-electron chi connectivity index (χ1n) is 10.4. The van der Waals surface area contributed by atoms with Gasteiger partial charge in [-0.05, 0) is 37.0 Å². The standard InChI is InChI=1S/C24H23N3O3/c28-22(27-14-11-17-7-1-3-9-20(17)27)16-26-15-19(18-8-2-4-10-21(18)26)23(29)24(30)25-12-5-6-13-25/h1-4,7-10,15H,5-6,11-14,16H2. The molecule has 0 N–H and O–H groups in total. The second kappa shape index (κ2) is 7.44. The number of amides is 2. The maximum Gasteiger partial charge on any atom is 0.295 e. The molecule has 2 aromatic carbocycles. The number of carbonyl (C=O) groups excluding carboxylic acids is 3. The van der Waals surface area contributed by atoms with Gasteiger partial charge in [-0.1, -0.05) is 36.4 Å². The van der Waals surface area contributed by atoms with Crippen molar-refractivity contribution in [2.24, 2.45) is 0 Å². The maximum absolute atomic E-state index is 13.1. The predicted octanol–water partition coefficient (Wildman–Crippen LogP) is 3.04. The highest BCUT2D eigenvalue weighted by Gasteiger charge is 2.29. The summed E-state index contributed by atoms with van der Waals surface area (Å²) in [6, 6.07) is 15.4. The first-order chi connectivity index (χ1) is 14.6. The largest absolute Gasteiger partial charge is 0.337 e. The Labute approximate surface area is 174 Å². The molecule has 0 spiro atoms. The molecule has 1 aromatic heterocycles. The number of Topliss-reactive ketones (excluding diaryl/α,β-unsaturated/α-hetero) is 1. The van der Waals surface area contributed by atoms with Crippen LogP contribution in [0.25, 0.3) is 10.9 Å². The van der Waals surface area contributed by atoms with Crippen molar-refractivity contribution in [2.75, 3.05) is 24.5 Å². The van der Waals surface area contributed by atoms with Crippen LogP contribution in [0.2, 0.25) is 0 Å². The highest BCUT2D eigenvalue weighted by atomic mass is 16.2. The average molecular weight is 401 g/mol. The summed E-state index contributed by atoms with van der Waals surface area (Å²) in [6.45, 7) is 2.06. The zero-order valence-electron chi connectivity index (χ0n) is 16.7. The summed E-state index contributed by atoms with van der Waals surface area (Å²) in [5.74, 6) is -0.966. The molecule has 30 heavy (non-hydrogen) atoms. The molecule has 0 aliphatic carbocycles. The van der Waals surface area contributed by atoms with Crippen molar-refractivity contribution in [3.05, 3.63) is 65.9 Å². The van der Waals surface area contributed by atoms with Gasteiger partial charge in [0, 0.05) is 42.4 Å². The van der Waals surface area contributed by atoms with Crippen LogP contribution in [0.3, 0.4) is 0 Å². The predicted molar refractivity (Wildman–Crippen MR) is 115 cm³/mol. The molecule has 3 heterocycles. The number of benzene rings is 2. The molecule has 6 heteroatoms. The zero-order chi connectivity index (χ0) is 20.7. The van der Waals surface area contributed by atoms with E-state index < -0.39 is 11.7 Å². The lowest BCUT2D eigenvalue weighted by molar-refractivity contribution is -0.125. The number of anilines is 1. The molecule has 6 nitrogen and oxygen atoms in total. The van der Waals surface area contributed by atoms with E-state index in [-0.39, 0.29) is 12.5 Å². The second-order valence-electron chi connectivity index (χ2n) is 7.94. The van der Waals surface area contributed by atoms with Gasteiger partial charge in [0.2, 0.25) is 5.91 Å². The molecule has 0 bridgehead atoms. The smallest absolute Gasteiger partial charge is 0.295 e. The minimum Gasteiger partial charge on any atom is -0.337 e. The number of hydrogen-bond donors (Lipinski definition) is 0. The van der Waals surface area contributed by atoms with E-state index in [0.717, 1.165) is 30.5 Å². The van der Waals surface area contributed by atoms with Crippen molar-refractivity contribution >= 4 is 34.2 Å². The van der Waals surface area contributed by atoms with Gasteiger partial charge in [0.1, 0.15) is 6.54 Å². The third-order valence-electron chi connectivity index (χ3n) is 6.11. The Hall–Kier alpha value is -3.41. The lowest BCUT2D eigenvalue weighted by Gasteiger charge is -2.18. The minimum absolute atomic E-state index is 0.0226. The number of likely N-dealkylation sites (tertiary alicyclic amines) is 1. The Morgan fingerprint density at radius 2 is 1.60 bits per heavy atom. The molecule has 5 rings (SSSR count). The van der Waals surface area contributed by atoms with Crippen LogP contribution in [-0.2, 0) is 22.6 Å². The number of hydrogen-bond acceptors (Lipinski definition) is 3. The summed E-state index contributed by atoms with van der Waals surface area (Å²) in [7, 11) is 0. The van der Waals surface area contributed by atoms with Crippen molar-refractivity contribution in [2.45, 2.75) is 25.8 Å². The Balaban J connectivity index is 1.45. The molecule has 0 radical (unpaired) electrons. The molecule has 2 aliphatic heterocycles. The van der Waals surface area contributed by atoms with E-state index >= 15 is 0 Å². The fourth-order valence-electron chi connectivity index (χ4n) is 4.57. The fourth-order valence-corrected chi connectivity index (χ4v) is 4.57. The lowest BCUT2D eigenvalue weighted by atomic mass is 10.1. The molecule has 0 atom stereocenters. The Bertz CT molecular complexity index is 1160. The highest BCUT2D eigenvalue weighted by Crippen LogP contribution is 2.29. The number of ketones is 1. The quantitative estimate of drug-likeness (QED) is 0.499. The second-order valence-corrected chi connectivity index (χ2v) is 7.94. The van der Waals surface area contributed by atoms with Gasteiger partial charge in [0.15, 0.2) is 0 Å². The summed E-state index contributed by atoms with van der Waals surface area (Å²) in [6.07, 6.45) is 4.39. The van der Waals surface area contributed by atoms with Crippen molar-refractivity contribution in [1.82, 2.24) is 9.47 Å². The van der Waals surface area contributed by atoms with Gasteiger partial charge in [-0.15, -0.1) is 0 Å². The molecule has 1 fully saturated rings. The van der Waals surface area contributed by atoms with Crippen LogP contribution in [0.15, 0.2) is 54.7 Å². The normalized spacial score (nSPS) is 15.6. The molecule has 152 valence electrons. The van der Waals surface area contributed by atoms with Crippen molar-refractivity contribution < 1.29 is 14.4 Å². The fraction of sp³-hybridized carbons (Fsp3) is 0.292. The van der Waals surface area contributed by atoms with Gasteiger partial charge >= 0.3 is 0 Å². The number of rotatable bonds is 4. The van der Waals surface area contributed by atoms with E-state index in [0.29, 0.717) is 30.6 Å². The van der Waals surface area contributed by atoms with Crippen LogP contribution in [0.5, 0.6) is 0 Å². The van der Waals surface area contributed by atoms with Crippen LogP contribution in [0, 0.1) is 0 Å². The summed E-state index contributed by atoms with van der Waals surface area (Å²) in [5, 5.41) is 0.713. The topological polar surface area (TPSA) is 62.6 Å². The molecular weight excluding hydrogens is 378 g/mol. The third-order valence-corrected chi connectivity index (χ3v) is 6.11. The van der Waals surface area contributed by atoms with Crippen LogP contribution in [0.4, 0.5) is 5.69 Å². The maximum atomic E-state index is 13.1. The van der Waals surface area contributed by atoms with Crippen LogP contribution < -0.4 is 4.90 Å². The Morgan fingerprint density at radius 1 is 0.867 bits per heavy atom. The number of carbonyl (C=O) groups is 3. The Morgan fingerprint density at radius 3 is 2.43 bits per heavy atom. The first kappa shape index (κ1) is 18.6. The SMILES string of the molecule is O=C(C(=O)N1CCCC1)c1cn(CC(=O)N2CCc3ccccc32)c2ccccc12. The van der Waals surface area contributed by atoms with Crippen LogP contribution in [-0.4, -0.2) is 46.7 Å². The number of fused-ring (bicyclic) bond motifs is 2. The molecule has 0 unspecified atom stereocenters. The van der Waals surface area contributed by atoms with Gasteiger partial charge in [-0.25, -0.2) is 0 Å². The van der Waals surface area contributed by atoms with Crippen LogP contribution >= 0.6 is 0 Å². The van der Waals surface area contributed by atoms with Gasteiger partial charge < -0.3 is 14.4 Å². The third kappa shape index (κ3) is 3.09. The number of para-hydroxylation sites is 2. The first-order valence-corrected chi connectivity index (χ1v) is 10.4. The average Bonchev–Trinajstić information content (AvgIpc) is 3.51. The van der Waals surface area contributed by atoms with Crippen LogP contribution in [0.1, 0.15) is 28.8 Å². The van der Waals surface area contributed by atoms with E-state index in [1.807, 2.05) is 42.5 Å². The monoisotopic (exact) mass is 401 g/mol. The molecule has 3 aromatic rings. The highest BCUT2D eigenvalue weighted by molar-refractivity contribution is 6.45. The van der Waals surface area contributed by atoms with Gasteiger partial charge in [-0.2, -0.15) is 0 Å². The van der Waals surface area contributed by atoms with E-state index in [1.54, 1.807) is 20.6 Å². The summed E-state index contributed by atoms with van der Waals surface area (Å²) < 4.78 is 1.79. The number of nitrogens with zero attached hydrogens (tertiary/aromatic N) is 3. The van der Waals surface area contributed by atoms with Crippen molar-refractivity contribution in [1.29, 1.82) is 0 Å². The van der Waals surface area contributed by atoms with E-state index in [4.69, 9.17) is 0 Å². The van der Waals surface area contributed by atoms with E-state index in [9.17, 15) is 14.4 Å². The minimum atomic E-state index is -0.495. The zero-order valence-corrected chi connectivity index (χ0v) is 16.7. The van der Waals surface area contributed by atoms with Gasteiger partial charge in [0.25, 0.3) is 11.7 Å². The summed E-state index contributed by atoms with van der Waals surface area (Å²) >= 11 is 0. The van der Waals surface area contributed by atoms with E-state index in [1.165, 1.54) is 5.56 Å². The lowest BCUT2D eigenvalue weighted by Crippen LogP contribution is -2.34.